The van der Waals surface area contributed by atoms with Gasteiger partial charge in [0.1, 0.15) is 11.9 Å². The SMILES string of the molecule is C=C(C=CC(C)(C)C)C(C)(O)C1CCC2(C)C1(C)CC(=O)C1(C)C3(C)CC(=O)C(O)C(C)(C)C3=CCC21C. The van der Waals surface area contributed by atoms with E-state index in [1.807, 2.05) is 26.8 Å². The van der Waals surface area contributed by atoms with E-state index >= 15 is 0 Å². The minimum Gasteiger partial charge on any atom is -0.385 e. The average molecular weight is 525 g/mol. The Morgan fingerprint density at radius 1 is 1.00 bits per heavy atom. The molecule has 0 heterocycles. The van der Waals surface area contributed by atoms with Crippen molar-refractivity contribution in [2.45, 2.75) is 120 Å². The molecule has 0 aliphatic heterocycles. The molecule has 4 heteroatoms. The molecule has 4 aliphatic rings. The van der Waals surface area contributed by atoms with Gasteiger partial charge in [-0.2, -0.15) is 0 Å². The maximum Gasteiger partial charge on any atom is 0.163 e. The van der Waals surface area contributed by atoms with E-state index in [1.165, 1.54) is 0 Å². The normalized spacial score (nSPS) is 46.2. The summed E-state index contributed by atoms with van der Waals surface area (Å²) < 4.78 is 0. The Balaban J connectivity index is 1.86. The van der Waals surface area contributed by atoms with Crippen molar-refractivity contribution < 1.29 is 19.8 Å². The third-order valence-corrected chi connectivity index (χ3v) is 13.1. The van der Waals surface area contributed by atoms with Gasteiger partial charge in [0.15, 0.2) is 5.78 Å². The number of hydrogen-bond acceptors (Lipinski definition) is 4. The molecular formula is C34H52O4. The number of rotatable bonds is 3. The molecule has 4 aliphatic carbocycles. The highest BCUT2D eigenvalue weighted by molar-refractivity contribution is 5.94. The van der Waals surface area contributed by atoms with Crippen LogP contribution in [0.25, 0.3) is 0 Å². The Labute approximate surface area is 231 Å². The molecule has 3 fully saturated rings. The maximum atomic E-state index is 14.7. The lowest BCUT2D eigenvalue weighted by Gasteiger charge is -2.73. The van der Waals surface area contributed by atoms with E-state index in [0.717, 1.165) is 24.8 Å². The summed E-state index contributed by atoms with van der Waals surface area (Å²) in [4.78, 5) is 27.9. The molecule has 8 atom stereocenters. The van der Waals surface area contributed by atoms with E-state index in [4.69, 9.17) is 0 Å². The fourth-order valence-corrected chi connectivity index (χ4v) is 10.0. The van der Waals surface area contributed by atoms with E-state index in [2.05, 4.69) is 74.1 Å². The minimum absolute atomic E-state index is 0.0242. The van der Waals surface area contributed by atoms with Gasteiger partial charge in [-0.15, -0.1) is 0 Å². The van der Waals surface area contributed by atoms with Gasteiger partial charge in [0.05, 0.1) is 5.60 Å². The lowest BCUT2D eigenvalue weighted by molar-refractivity contribution is -0.221. The minimum atomic E-state index is -1.15. The van der Waals surface area contributed by atoms with Crippen LogP contribution in [-0.2, 0) is 9.59 Å². The topological polar surface area (TPSA) is 74.6 Å². The van der Waals surface area contributed by atoms with Crippen LogP contribution in [0.5, 0.6) is 0 Å². The summed E-state index contributed by atoms with van der Waals surface area (Å²) in [6.07, 6.45) is 8.26. The molecule has 0 aromatic carbocycles. The first-order chi connectivity index (χ1) is 17.0. The molecule has 0 radical (unpaired) electrons. The quantitative estimate of drug-likeness (QED) is 0.308. The molecule has 3 saturated carbocycles. The van der Waals surface area contributed by atoms with E-state index in [9.17, 15) is 19.8 Å². The summed E-state index contributed by atoms with van der Waals surface area (Å²) >= 11 is 0. The summed E-state index contributed by atoms with van der Waals surface area (Å²) in [6.45, 7) is 27.5. The van der Waals surface area contributed by atoms with Gasteiger partial charge in [-0.1, -0.05) is 99.6 Å². The monoisotopic (exact) mass is 524 g/mol. The molecular weight excluding hydrogens is 472 g/mol. The predicted octanol–water partition coefficient (Wildman–Crippen LogP) is 7.00. The third-order valence-electron chi connectivity index (χ3n) is 13.1. The highest BCUT2D eigenvalue weighted by Crippen LogP contribution is 2.81. The van der Waals surface area contributed by atoms with Gasteiger partial charge in [-0.3, -0.25) is 9.59 Å². The van der Waals surface area contributed by atoms with Crippen LogP contribution >= 0.6 is 0 Å². The Bertz CT molecular complexity index is 1150. The fraction of sp³-hybridized carbons (Fsp3) is 0.765. The van der Waals surface area contributed by atoms with Gasteiger partial charge in [-0.05, 0) is 59.3 Å². The van der Waals surface area contributed by atoms with Crippen LogP contribution < -0.4 is 0 Å². The number of carbonyl (C=O) groups excluding carboxylic acids is 2. The first-order valence-corrected chi connectivity index (χ1v) is 14.5. The highest BCUT2D eigenvalue weighted by atomic mass is 16.3. The number of carbonyl (C=O) groups is 2. The average Bonchev–Trinajstić information content (AvgIpc) is 3.05. The summed E-state index contributed by atoms with van der Waals surface area (Å²) in [7, 11) is 0. The lowest BCUT2D eigenvalue weighted by atomic mass is 9.29. The van der Waals surface area contributed by atoms with Gasteiger partial charge in [0.2, 0.25) is 0 Å². The van der Waals surface area contributed by atoms with Crippen molar-refractivity contribution in [3.63, 3.8) is 0 Å². The van der Waals surface area contributed by atoms with Gasteiger partial charge in [-0.25, -0.2) is 0 Å². The molecule has 0 amide bonds. The smallest absolute Gasteiger partial charge is 0.163 e. The third kappa shape index (κ3) is 3.28. The number of Topliss-reactive ketones (excluding diaryl/α,β-unsaturated/α-hetero) is 2. The van der Waals surface area contributed by atoms with Crippen LogP contribution in [0.2, 0.25) is 0 Å². The maximum absolute atomic E-state index is 14.7. The lowest BCUT2D eigenvalue weighted by Crippen LogP contribution is -2.72. The first-order valence-electron chi connectivity index (χ1n) is 14.5. The summed E-state index contributed by atoms with van der Waals surface area (Å²) in [5.41, 5.74) is -2.68. The van der Waals surface area contributed by atoms with Crippen LogP contribution in [0, 0.1) is 43.8 Å². The second-order valence-corrected chi connectivity index (χ2v) is 16.2. The number of allylic oxidation sites excluding steroid dienone is 2. The van der Waals surface area contributed by atoms with Crippen molar-refractivity contribution in [3.8, 4) is 0 Å². The number of fused-ring (bicyclic) bond motifs is 5. The molecule has 2 N–H and O–H groups in total. The Morgan fingerprint density at radius 3 is 2.13 bits per heavy atom. The Hall–Kier alpha value is -1.52. The Morgan fingerprint density at radius 2 is 1.58 bits per heavy atom. The van der Waals surface area contributed by atoms with Crippen LogP contribution in [0.4, 0.5) is 0 Å². The standard InChI is InChI=1S/C34H52O4/c1-21(13-16-27(2,3)4)33(11,38)24-15-17-31(9)29(24,7)20-25(36)34(12)30(8)19-22(35)26(37)28(5,6)23(30)14-18-32(31,34)10/h13-14,16,24,26,37-38H,1,15,17-20H2,2-12H3. The van der Waals surface area contributed by atoms with E-state index in [1.54, 1.807) is 0 Å². The molecule has 0 aromatic heterocycles. The van der Waals surface area contributed by atoms with Crippen molar-refractivity contribution in [1.82, 2.24) is 0 Å². The molecule has 212 valence electrons. The predicted molar refractivity (Wildman–Crippen MR) is 153 cm³/mol. The van der Waals surface area contributed by atoms with Gasteiger partial charge in [0.25, 0.3) is 0 Å². The number of aliphatic hydroxyl groups is 2. The van der Waals surface area contributed by atoms with Crippen molar-refractivity contribution in [2.75, 3.05) is 0 Å². The number of aliphatic hydroxyl groups excluding tert-OH is 1. The summed E-state index contributed by atoms with van der Waals surface area (Å²) in [5.74, 6) is -0.0981. The second kappa shape index (κ2) is 8.03. The second-order valence-electron chi connectivity index (χ2n) is 16.2. The summed E-state index contributed by atoms with van der Waals surface area (Å²) in [5, 5.41) is 22.9. The van der Waals surface area contributed by atoms with Crippen molar-refractivity contribution in [1.29, 1.82) is 0 Å². The summed E-state index contributed by atoms with van der Waals surface area (Å²) in [6, 6.07) is 0. The molecule has 0 aromatic rings. The Kier molecular flexibility index (Phi) is 6.23. The van der Waals surface area contributed by atoms with Crippen LogP contribution in [0.3, 0.4) is 0 Å². The molecule has 0 spiro atoms. The molecule has 8 unspecified atom stereocenters. The van der Waals surface area contributed by atoms with E-state index in [0.29, 0.717) is 12.0 Å². The zero-order valence-electron chi connectivity index (χ0n) is 25.8. The highest BCUT2D eigenvalue weighted by Gasteiger charge is 2.79. The zero-order chi connectivity index (χ0) is 29.1. The number of ketones is 2. The largest absolute Gasteiger partial charge is 0.385 e. The fourth-order valence-electron chi connectivity index (χ4n) is 10.0. The van der Waals surface area contributed by atoms with Gasteiger partial charge < -0.3 is 10.2 Å². The first kappa shape index (κ1) is 29.5. The molecule has 4 rings (SSSR count). The number of hydrogen-bond donors (Lipinski definition) is 2. The van der Waals surface area contributed by atoms with Crippen LogP contribution in [0.1, 0.15) is 108 Å². The molecule has 0 saturated heterocycles. The van der Waals surface area contributed by atoms with Crippen molar-refractivity contribution in [3.05, 3.63) is 36.0 Å². The zero-order valence-corrected chi connectivity index (χ0v) is 25.8. The van der Waals surface area contributed by atoms with Crippen LogP contribution in [-0.4, -0.2) is 33.5 Å². The molecule has 4 nitrogen and oxygen atoms in total. The molecule has 38 heavy (non-hydrogen) atoms. The van der Waals surface area contributed by atoms with Crippen molar-refractivity contribution in [2.24, 2.45) is 43.8 Å². The van der Waals surface area contributed by atoms with E-state index in [-0.39, 0.29) is 34.7 Å². The van der Waals surface area contributed by atoms with Crippen molar-refractivity contribution >= 4 is 11.6 Å². The van der Waals surface area contributed by atoms with Crippen LogP contribution in [0.15, 0.2) is 36.0 Å². The van der Waals surface area contributed by atoms with Gasteiger partial charge in [0, 0.05) is 29.1 Å². The van der Waals surface area contributed by atoms with E-state index < -0.39 is 38.8 Å². The van der Waals surface area contributed by atoms with Gasteiger partial charge >= 0.3 is 0 Å². The molecule has 0 bridgehead atoms.